The molecule has 0 aromatic heterocycles. The Morgan fingerprint density at radius 1 is 1.22 bits per heavy atom. The Balaban J connectivity index is 1.93. The Kier molecular flexibility index (Phi) is 1.24. The molecule has 1 saturated heterocycles. The van der Waals surface area contributed by atoms with Crippen molar-refractivity contribution in [2.45, 2.75) is 18.9 Å². The van der Waals surface area contributed by atoms with Crippen LogP contribution in [0.25, 0.3) is 0 Å². The van der Waals surface area contributed by atoms with E-state index in [9.17, 15) is 0 Å². The van der Waals surface area contributed by atoms with Crippen LogP contribution in [0.3, 0.4) is 0 Å². The molecule has 2 rings (SSSR count). The van der Waals surface area contributed by atoms with Gasteiger partial charge in [0.1, 0.15) is 0 Å². The van der Waals surface area contributed by atoms with Gasteiger partial charge < -0.3 is 11.1 Å². The largest absolute Gasteiger partial charge is 0.326 e. The minimum Gasteiger partial charge on any atom is -0.326 e. The second-order valence-corrected chi connectivity index (χ2v) is 3.32. The lowest BCUT2D eigenvalue weighted by Gasteiger charge is -2.11. The zero-order chi connectivity index (χ0) is 6.27. The molecule has 2 nitrogen and oxygen atoms in total. The average molecular weight is 126 g/mol. The van der Waals surface area contributed by atoms with Crippen molar-refractivity contribution in [1.82, 2.24) is 5.32 Å². The van der Waals surface area contributed by atoms with Gasteiger partial charge in [0.15, 0.2) is 0 Å². The fourth-order valence-corrected chi connectivity index (χ4v) is 1.76. The van der Waals surface area contributed by atoms with E-state index >= 15 is 0 Å². The van der Waals surface area contributed by atoms with Crippen LogP contribution in [-0.2, 0) is 0 Å². The summed E-state index contributed by atoms with van der Waals surface area (Å²) in [5.74, 6) is 1.79. The molecular formula is C7H14N2. The predicted octanol–water partition coefficient (Wildman–Crippen LogP) is -0.0569. The van der Waals surface area contributed by atoms with Crippen LogP contribution >= 0.6 is 0 Å². The third-order valence-electron chi connectivity index (χ3n) is 2.54. The maximum absolute atomic E-state index is 5.86. The lowest BCUT2D eigenvalue weighted by atomic mass is 9.99. The molecule has 0 aromatic rings. The number of hydrogen-bond donors (Lipinski definition) is 2. The first-order valence-electron chi connectivity index (χ1n) is 3.84. The molecule has 1 aliphatic heterocycles. The molecule has 0 aromatic carbocycles. The van der Waals surface area contributed by atoms with Crippen molar-refractivity contribution in [3.8, 4) is 0 Å². The Bertz CT molecular complexity index is 109. The molecule has 2 aliphatic rings. The fraction of sp³-hybridized carbons (Fsp3) is 1.00. The predicted molar refractivity (Wildman–Crippen MR) is 37.1 cm³/mol. The monoisotopic (exact) mass is 126 g/mol. The van der Waals surface area contributed by atoms with Crippen molar-refractivity contribution in [3.05, 3.63) is 0 Å². The molecule has 0 amide bonds. The van der Waals surface area contributed by atoms with Crippen LogP contribution in [0.1, 0.15) is 12.8 Å². The highest BCUT2D eigenvalue weighted by atomic mass is 15.0. The molecule has 0 radical (unpaired) electrons. The Labute approximate surface area is 55.8 Å². The summed E-state index contributed by atoms with van der Waals surface area (Å²) in [4.78, 5) is 0. The SMILES string of the molecule is N[C@@H]1CNC[C@@H]1C1CC1. The standard InChI is InChI=1S/C7H14N2/c8-7-4-9-3-6(7)5-1-2-5/h5-7,9H,1-4,8H2/t6-,7-/m1/s1. The molecular weight excluding hydrogens is 112 g/mol. The zero-order valence-electron chi connectivity index (χ0n) is 5.64. The number of nitrogens with two attached hydrogens (primary N) is 1. The Morgan fingerprint density at radius 3 is 2.44 bits per heavy atom. The summed E-state index contributed by atoms with van der Waals surface area (Å²) in [7, 11) is 0. The van der Waals surface area contributed by atoms with E-state index in [-0.39, 0.29) is 0 Å². The molecule has 3 N–H and O–H groups in total. The van der Waals surface area contributed by atoms with Crippen LogP contribution in [0, 0.1) is 11.8 Å². The van der Waals surface area contributed by atoms with E-state index in [1.807, 2.05) is 0 Å². The second-order valence-electron chi connectivity index (χ2n) is 3.32. The van der Waals surface area contributed by atoms with E-state index < -0.39 is 0 Å². The molecule has 1 heterocycles. The quantitative estimate of drug-likeness (QED) is 0.516. The first-order valence-corrected chi connectivity index (χ1v) is 3.84. The van der Waals surface area contributed by atoms with Gasteiger partial charge in [0.05, 0.1) is 0 Å². The lowest BCUT2D eigenvalue weighted by Crippen LogP contribution is -2.29. The summed E-state index contributed by atoms with van der Waals surface area (Å²) in [5, 5.41) is 3.32. The summed E-state index contributed by atoms with van der Waals surface area (Å²) < 4.78 is 0. The first-order chi connectivity index (χ1) is 4.38. The molecule has 0 unspecified atom stereocenters. The van der Waals surface area contributed by atoms with Crippen molar-refractivity contribution >= 4 is 0 Å². The first kappa shape index (κ1) is 5.69. The highest BCUT2D eigenvalue weighted by molar-refractivity contribution is 4.93. The average Bonchev–Trinajstić information content (AvgIpc) is 2.58. The van der Waals surface area contributed by atoms with E-state index in [2.05, 4.69) is 5.32 Å². The van der Waals surface area contributed by atoms with Gasteiger partial charge in [-0.05, 0) is 31.2 Å². The van der Waals surface area contributed by atoms with E-state index in [4.69, 9.17) is 5.73 Å². The molecule has 2 atom stereocenters. The van der Waals surface area contributed by atoms with Crippen LogP contribution in [-0.4, -0.2) is 19.1 Å². The summed E-state index contributed by atoms with van der Waals surface area (Å²) in [6.45, 7) is 2.22. The Morgan fingerprint density at radius 2 is 2.00 bits per heavy atom. The summed E-state index contributed by atoms with van der Waals surface area (Å²) in [6, 6.07) is 0.456. The van der Waals surface area contributed by atoms with Crippen LogP contribution in [0.5, 0.6) is 0 Å². The van der Waals surface area contributed by atoms with Gasteiger partial charge in [0.25, 0.3) is 0 Å². The molecule has 1 saturated carbocycles. The second kappa shape index (κ2) is 1.96. The van der Waals surface area contributed by atoms with Gasteiger partial charge in [-0.3, -0.25) is 0 Å². The van der Waals surface area contributed by atoms with Crippen LogP contribution < -0.4 is 11.1 Å². The maximum Gasteiger partial charge on any atom is 0.0208 e. The van der Waals surface area contributed by atoms with Crippen molar-refractivity contribution in [2.24, 2.45) is 17.6 Å². The van der Waals surface area contributed by atoms with Gasteiger partial charge >= 0.3 is 0 Å². The molecule has 0 bridgehead atoms. The van der Waals surface area contributed by atoms with Gasteiger partial charge in [0, 0.05) is 12.6 Å². The van der Waals surface area contributed by atoms with E-state index in [0.717, 1.165) is 18.4 Å². The van der Waals surface area contributed by atoms with E-state index in [0.29, 0.717) is 6.04 Å². The number of rotatable bonds is 1. The van der Waals surface area contributed by atoms with Gasteiger partial charge in [-0.15, -0.1) is 0 Å². The lowest BCUT2D eigenvalue weighted by molar-refractivity contribution is 0.455. The van der Waals surface area contributed by atoms with E-state index in [1.54, 1.807) is 0 Å². The highest BCUT2D eigenvalue weighted by Gasteiger charge is 2.37. The third kappa shape index (κ3) is 0.970. The van der Waals surface area contributed by atoms with E-state index in [1.165, 1.54) is 19.4 Å². The van der Waals surface area contributed by atoms with Gasteiger partial charge in [-0.1, -0.05) is 0 Å². The third-order valence-corrected chi connectivity index (χ3v) is 2.54. The van der Waals surface area contributed by atoms with Crippen molar-refractivity contribution < 1.29 is 0 Å². The van der Waals surface area contributed by atoms with Gasteiger partial charge in [-0.25, -0.2) is 0 Å². The van der Waals surface area contributed by atoms with Crippen LogP contribution in [0.15, 0.2) is 0 Å². The number of nitrogens with one attached hydrogen (secondary N) is 1. The molecule has 0 spiro atoms. The van der Waals surface area contributed by atoms with Gasteiger partial charge in [-0.2, -0.15) is 0 Å². The molecule has 9 heavy (non-hydrogen) atoms. The van der Waals surface area contributed by atoms with Crippen molar-refractivity contribution in [1.29, 1.82) is 0 Å². The van der Waals surface area contributed by atoms with Crippen molar-refractivity contribution in [2.75, 3.05) is 13.1 Å². The minimum atomic E-state index is 0.456. The molecule has 1 aliphatic carbocycles. The highest BCUT2D eigenvalue weighted by Crippen LogP contribution is 2.38. The number of hydrogen-bond acceptors (Lipinski definition) is 2. The van der Waals surface area contributed by atoms with Gasteiger partial charge in [0.2, 0.25) is 0 Å². The topological polar surface area (TPSA) is 38.0 Å². The Hall–Kier alpha value is -0.0800. The normalized spacial score (nSPS) is 43.7. The summed E-state index contributed by atoms with van der Waals surface area (Å²) in [6.07, 6.45) is 2.86. The molecule has 52 valence electrons. The summed E-state index contributed by atoms with van der Waals surface area (Å²) in [5.41, 5.74) is 5.86. The fourth-order valence-electron chi connectivity index (χ4n) is 1.76. The smallest absolute Gasteiger partial charge is 0.0208 e. The minimum absolute atomic E-state index is 0.456. The zero-order valence-corrected chi connectivity index (χ0v) is 5.64. The van der Waals surface area contributed by atoms with Crippen LogP contribution in [0.4, 0.5) is 0 Å². The molecule has 2 fully saturated rings. The summed E-state index contributed by atoms with van der Waals surface area (Å²) >= 11 is 0. The molecule has 2 heteroatoms. The van der Waals surface area contributed by atoms with Crippen molar-refractivity contribution in [3.63, 3.8) is 0 Å². The van der Waals surface area contributed by atoms with Crippen LogP contribution in [0.2, 0.25) is 0 Å². The maximum atomic E-state index is 5.86.